The van der Waals surface area contributed by atoms with Crippen molar-refractivity contribution in [2.75, 3.05) is 7.11 Å². The van der Waals surface area contributed by atoms with Gasteiger partial charge in [0.05, 0.1) is 12.8 Å². The summed E-state index contributed by atoms with van der Waals surface area (Å²) in [5.74, 6) is 1.41. The first-order valence-electron chi connectivity index (χ1n) is 6.12. The molecule has 98 valence electrons. The van der Waals surface area contributed by atoms with E-state index in [0.717, 1.165) is 22.6 Å². The standard InChI is InChI=1S/C15H16N2O2/c1-10(2)12-8-11(4-5-14(12)19-3)13-6-7-16-15(9-18)17-13/h4-10H,1-3H3. The normalized spacial score (nSPS) is 10.5. The summed E-state index contributed by atoms with van der Waals surface area (Å²) in [7, 11) is 1.66. The first-order valence-corrected chi connectivity index (χ1v) is 6.12. The highest BCUT2D eigenvalue weighted by Gasteiger charge is 2.10. The Labute approximate surface area is 112 Å². The number of nitrogens with zero attached hydrogens (tertiary/aromatic N) is 2. The predicted molar refractivity (Wildman–Crippen MR) is 73.5 cm³/mol. The Morgan fingerprint density at radius 2 is 2.05 bits per heavy atom. The van der Waals surface area contributed by atoms with E-state index in [2.05, 4.69) is 23.8 Å². The predicted octanol–water partition coefficient (Wildman–Crippen LogP) is 3.09. The van der Waals surface area contributed by atoms with Crippen molar-refractivity contribution in [2.45, 2.75) is 19.8 Å². The van der Waals surface area contributed by atoms with E-state index >= 15 is 0 Å². The van der Waals surface area contributed by atoms with Gasteiger partial charge in [-0.3, -0.25) is 4.79 Å². The van der Waals surface area contributed by atoms with Gasteiger partial charge in [-0.1, -0.05) is 13.8 Å². The Kier molecular flexibility index (Phi) is 3.90. The topological polar surface area (TPSA) is 52.1 Å². The summed E-state index contributed by atoms with van der Waals surface area (Å²) in [4.78, 5) is 18.8. The van der Waals surface area contributed by atoms with Crippen molar-refractivity contribution >= 4 is 6.29 Å². The molecule has 0 unspecified atom stereocenters. The van der Waals surface area contributed by atoms with E-state index in [9.17, 15) is 4.79 Å². The van der Waals surface area contributed by atoms with E-state index in [0.29, 0.717) is 12.2 Å². The van der Waals surface area contributed by atoms with Crippen LogP contribution in [0.2, 0.25) is 0 Å². The van der Waals surface area contributed by atoms with E-state index in [1.807, 2.05) is 18.2 Å². The molecule has 1 aromatic heterocycles. The molecule has 0 saturated carbocycles. The fraction of sp³-hybridized carbons (Fsp3) is 0.267. The maximum absolute atomic E-state index is 10.7. The van der Waals surface area contributed by atoms with Gasteiger partial charge < -0.3 is 4.74 Å². The molecule has 0 aliphatic heterocycles. The molecule has 1 aromatic carbocycles. The minimum absolute atomic E-state index is 0.194. The van der Waals surface area contributed by atoms with E-state index in [1.165, 1.54) is 0 Å². The molecule has 0 aliphatic rings. The highest BCUT2D eigenvalue weighted by Crippen LogP contribution is 2.30. The molecule has 2 aromatic rings. The number of carbonyl (C=O) groups is 1. The van der Waals surface area contributed by atoms with E-state index in [1.54, 1.807) is 19.4 Å². The van der Waals surface area contributed by atoms with E-state index in [-0.39, 0.29) is 5.82 Å². The molecule has 0 bridgehead atoms. The largest absolute Gasteiger partial charge is 0.496 e. The SMILES string of the molecule is COc1ccc(-c2ccnc(C=O)n2)cc1C(C)C. The quantitative estimate of drug-likeness (QED) is 0.789. The molecular weight excluding hydrogens is 240 g/mol. The molecule has 0 spiro atoms. The number of rotatable bonds is 4. The van der Waals surface area contributed by atoms with Crippen LogP contribution in [0.4, 0.5) is 0 Å². The summed E-state index contributed by atoms with van der Waals surface area (Å²) >= 11 is 0. The zero-order valence-electron chi connectivity index (χ0n) is 11.3. The first kappa shape index (κ1) is 13.2. The van der Waals surface area contributed by atoms with Gasteiger partial charge in [-0.05, 0) is 35.7 Å². The lowest BCUT2D eigenvalue weighted by atomic mass is 9.98. The zero-order chi connectivity index (χ0) is 13.8. The average molecular weight is 256 g/mol. The van der Waals surface area contributed by atoms with Gasteiger partial charge in [0.25, 0.3) is 0 Å². The molecule has 2 rings (SSSR count). The lowest BCUT2D eigenvalue weighted by Crippen LogP contribution is -1.97. The van der Waals surface area contributed by atoms with Crippen LogP contribution in [0, 0.1) is 0 Å². The van der Waals surface area contributed by atoms with Gasteiger partial charge in [-0.2, -0.15) is 0 Å². The molecule has 0 saturated heterocycles. The molecule has 0 aliphatic carbocycles. The highest BCUT2D eigenvalue weighted by atomic mass is 16.5. The van der Waals surface area contributed by atoms with Crippen LogP contribution in [-0.4, -0.2) is 23.4 Å². The summed E-state index contributed by atoms with van der Waals surface area (Å²) in [5, 5.41) is 0. The van der Waals surface area contributed by atoms with Crippen LogP contribution in [0.25, 0.3) is 11.3 Å². The second kappa shape index (κ2) is 5.61. The third-order valence-corrected chi connectivity index (χ3v) is 2.93. The third-order valence-electron chi connectivity index (χ3n) is 2.93. The van der Waals surface area contributed by atoms with Crippen LogP contribution in [0.1, 0.15) is 35.9 Å². The number of hydrogen-bond donors (Lipinski definition) is 0. The van der Waals surface area contributed by atoms with Crippen LogP contribution < -0.4 is 4.74 Å². The van der Waals surface area contributed by atoms with Crippen molar-refractivity contribution in [1.82, 2.24) is 9.97 Å². The molecule has 19 heavy (non-hydrogen) atoms. The Balaban J connectivity index is 2.50. The van der Waals surface area contributed by atoms with Gasteiger partial charge in [0.1, 0.15) is 5.75 Å². The van der Waals surface area contributed by atoms with Gasteiger partial charge in [-0.25, -0.2) is 9.97 Å². The van der Waals surface area contributed by atoms with Gasteiger partial charge in [0.15, 0.2) is 12.1 Å². The molecule has 4 nitrogen and oxygen atoms in total. The third kappa shape index (κ3) is 2.78. The summed E-state index contributed by atoms with van der Waals surface area (Å²) < 4.78 is 5.35. The monoisotopic (exact) mass is 256 g/mol. The molecule has 0 atom stereocenters. The van der Waals surface area contributed by atoms with Gasteiger partial charge in [0.2, 0.25) is 0 Å². The van der Waals surface area contributed by atoms with Crippen molar-refractivity contribution in [3.8, 4) is 17.0 Å². The molecular formula is C15H16N2O2. The number of carbonyl (C=O) groups excluding carboxylic acids is 1. The number of benzene rings is 1. The fourth-order valence-electron chi connectivity index (χ4n) is 1.94. The highest BCUT2D eigenvalue weighted by molar-refractivity contribution is 5.71. The summed E-state index contributed by atoms with van der Waals surface area (Å²) in [6, 6.07) is 7.69. The molecule has 0 amide bonds. The van der Waals surface area contributed by atoms with Gasteiger partial charge in [-0.15, -0.1) is 0 Å². The summed E-state index contributed by atoms with van der Waals surface area (Å²) in [6.45, 7) is 4.22. The number of ether oxygens (including phenoxy) is 1. The first-order chi connectivity index (χ1) is 9.15. The van der Waals surface area contributed by atoms with Crippen molar-refractivity contribution in [2.24, 2.45) is 0 Å². The summed E-state index contributed by atoms with van der Waals surface area (Å²) in [5.41, 5.74) is 2.81. The maximum Gasteiger partial charge on any atom is 0.193 e. The average Bonchev–Trinajstić information content (AvgIpc) is 2.46. The Morgan fingerprint density at radius 1 is 1.26 bits per heavy atom. The summed E-state index contributed by atoms with van der Waals surface area (Å²) in [6.07, 6.45) is 2.24. The van der Waals surface area contributed by atoms with Crippen molar-refractivity contribution in [3.05, 3.63) is 41.9 Å². The van der Waals surface area contributed by atoms with Crippen LogP contribution >= 0.6 is 0 Å². The molecule has 0 radical (unpaired) electrons. The van der Waals surface area contributed by atoms with Crippen molar-refractivity contribution < 1.29 is 9.53 Å². The molecule has 4 heteroatoms. The van der Waals surface area contributed by atoms with Crippen LogP contribution in [-0.2, 0) is 0 Å². The minimum atomic E-state index is 0.194. The Morgan fingerprint density at radius 3 is 2.68 bits per heavy atom. The Bertz CT molecular complexity index is 594. The van der Waals surface area contributed by atoms with Crippen LogP contribution in [0.15, 0.2) is 30.5 Å². The number of aldehydes is 1. The second-order valence-corrected chi connectivity index (χ2v) is 4.53. The smallest absolute Gasteiger partial charge is 0.193 e. The van der Waals surface area contributed by atoms with Crippen molar-refractivity contribution in [3.63, 3.8) is 0 Å². The molecule has 1 heterocycles. The fourth-order valence-corrected chi connectivity index (χ4v) is 1.94. The van der Waals surface area contributed by atoms with Crippen LogP contribution in [0.5, 0.6) is 5.75 Å². The molecule has 0 fully saturated rings. The molecule has 0 N–H and O–H groups in total. The van der Waals surface area contributed by atoms with E-state index < -0.39 is 0 Å². The second-order valence-electron chi connectivity index (χ2n) is 4.53. The zero-order valence-corrected chi connectivity index (χ0v) is 11.3. The van der Waals surface area contributed by atoms with Gasteiger partial charge >= 0.3 is 0 Å². The number of aromatic nitrogens is 2. The number of hydrogen-bond acceptors (Lipinski definition) is 4. The maximum atomic E-state index is 10.7. The van der Waals surface area contributed by atoms with Crippen LogP contribution in [0.3, 0.4) is 0 Å². The van der Waals surface area contributed by atoms with Crippen molar-refractivity contribution in [1.29, 1.82) is 0 Å². The van der Waals surface area contributed by atoms with Gasteiger partial charge in [0, 0.05) is 11.8 Å². The Hall–Kier alpha value is -2.23. The lowest BCUT2D eigenvalue weighted by Gasteiger charge is -2.13. The lowest BCUT2D eigenvalue weighted by molar-refractivity contribution is 0.111. The number of methoxy groups -OCH3 is 1. The van der Waals surface area contributed by atoms with E-state index in [4.69, 9.17) is 4.74 Å². The minimum Gasteiger partial charge on any atom is -0.496 e.